The van der Waals surface area contributed by atoms with Crippen LogP contribution in [0.4, 0.5) is 11.4 Å². The van der Waals surface area contributed by atoms with Crippen molar-refractivity contribution in [3.8, 4) is 0 Å². The van der Waals surface area contributed by atoms with E-state index >= 15 is 0 Å². The number of benzene rings is 1. The maximum absolute atomic E-state index is 11.1. The van der Waals surface area contributed by atoms with Gasteiger partial charge in [0.25, 0.3) is 0 Å². The van der Waals surface area contributed by atoms with Crippen LogP contribution in [0.2, 0.25) is 0 Å². The highest BCUT2D eigenvalue weighted by molar-refractivity contribution is 5.94. The number of hydrogen-bond acceptors (Lipinski definition) is 2. The van der Waals surface area contributed by atoms with Gasteiger partial charge in [-0.15, -0.1) is 0 Å². The Hall–Kier alpha value is -1.51. The van der Waals surface area contributed by atoms with Crippen molar-refractivity contribution in [1.29, 1.82) is 0 Å². The van der Waals surface area contributed by atoms with E-state index in [4.69, 9.17) is 5.73 Å². The molecule has 0 aliphatic heterocycles. The Morgan fingerprint density at radius 2 is 2.08 bits per heavy atom. The minimum Gasteiger partial charge on any atom is -0.397 e. The van der Waals surface area contributed by atoms with E-state index in [-0.39, 0.29) is 5.91 Å². The van der Waals surface area contributed by atoms with Crippen LogP contribution in [0.5, 0.6) is 0 Å². The Kier molecular flexibility index (Phi) is 2.56. The fourth-order valence-electron chi connectivity index (χ4n) is 1.11. The first-order valence-electron chi connectivity index (χ1n) is 4.13. The number of nitrogen functional groups attached to an aromatic ring is 1. The van der Waals surface area contributed by atoms with Crippen LogP contribution in [0.25, 0.3) is 0 Å². The molecule has 0 aliphatic carbocycles. The third-order valence-electron chi connectivity index (χ3n) is 2.02. The van der Waals surface area contributed by atoms with Gasteiger partial charge in [0.05, 0.1) is 11.4 Å². The first kappa shape index (κ1) is 9.58. The van der Waals surface area contributed by atoms with Crippen LogP contribution in [0, 0.1) is 6.92 Å². The van der Waals surface area contributed by atoms with Gasteiger partial charge in [-0.25, -0.2) is 0 Å². The molecule has 1 aromatic rings. The van der Waals surface area contributed by atoms with E-state index in [0.717, 1.165) is 11.3 Å². The molecule has 0 unspecified atom stereocenters. The fraction of sp³-hybridized carbons (Fsp3) is 0.300. The van der Waals surface area contributed by atoms with Crippen LogP contribution in [0.15, 0.2) is 18.2 Å². The summed E-state index contributed by atoms with van der Waals surface area (Å²) in [7, 11) is 1.72. The van der Waals surface area contributed by atoms with Crippen molar-refractivity contribution >= 4 is 17.3 Å². The molecule has 1 amide bonds. The minimum atomic E-state index is -0.0164. The second-order valence-corrected chi connectivity index (χ2v) is 3.14. The largest absolute Gasteiger partial charge is 0.397 e. The fourth-order valence-corrected chi connectivity index (χ4v) is 1.11. The lowest BCUT2D eigenvalue weighted by Crippen LogP contribution is -2.23. The molecule has 0 fully saturated rings. The summed E-state index contributed by atoms with van der Waals surface area (Å²) in [5.74, 6) is -0.0164. The molecule has 3 nitrogen and oxygen atoms in total. The monoisotopic (exact) mass is 178 g/mol. The molecule has 0 saturated carbocycles. The quantitative estimate of drug-likeness (QED) is 0.663. The Bertz CT molecular complexity index is 334. The molecular weight excluding hydrogens is 164 g/mol. The highest BCUT2D eigenvalue weighted by Gasteiger charge is 2.08. The van der Waals surface area contributed by atoms with E-state index in [0.29, 0.717) is 5.69 Å². The predicted molar refractivity (Wildman–Crippen MR) is 54.7 cm³/mol. The SMILES string of the molecule is CC(=O)N(C)c1cc(C)ccc1N. The number of anilines is 2. The standard InChI is InChI=1S/C10H14N2O/c1-7-4-5-9(11)10(6-7)12(3)8(2)13/h4-6H,11H2,1-3H3. The van der Waals surface area contributed by atoms with Crippen LogP contribution in [-0.4, -0.2) is 13.0 Å². The summed E-state index contributed by atoms with van der Waals surface area (Å²) < 4.78 is 0. The van der Waals surface area contributed by atoms with Gasteiger partial charge in [-0.1, -0.05) is 6.07 Å². The molecular formula is C10H14N2O. The number of amides is 1. The second-order valence-electron chi connectivity index (χ2n) is 3.14. The Morgan fingerprint density at radius 3 is 2.62 bits per heavy atom. The van der Waals surface area contributed by atoms with E-state index in [1.807, 2.05) is 25.1 Å². The molecule has 0 radical (unpaired) electrons. The third kappa shape index (κ3) is 1.99. The molecule has 1 rings (SSSR count). The van der Waals surface area contributed by atoms with Crippen molar-refractivity contribution in [3.63, 3.8) is 0 Å². The molecule has 2 N–H and O–H groups in total. The summed E-state index contributed by atoms with van der Waals surface area (Å²) in [6, 6.07) is 5.63. The predicted octanol–water partition coefficient (Wildman–Crippen LogP) is 1.56. The lowest BCUT2D eigenvalue weighted by Gasteiger charge is -2.17. The zero-order valence-electron chi connectivity index (χ0n) is 8.16. The maximum Gasteiger partial charge on any atom is 0.223 e. The molecule has 70 valence electrons. The Labute approximate surface area is 78.2 Å². The second kappa shape index (κ2) is 3.47. The van der Waals surface area contributed by atoms with Gasteiger partial charge in [0.2, 0.25) is 5.91 Å². The summed E-state index contributed by atoms with van der Waals surface area (Å²) in [6.45, 7) is 3.48. The van der Waals surface area contributed by atoms with E-state index in [9.17, 15) is 4.79 Å². The summed E-state index contributed by atoms with van der Waals surface area (Å²) in [5, 5.41) is 0. The van der Waals surface area contributed by atoms with Gasteiger partial charge in [-0.05, 0) is 24.6 Å². The summed E-state index contributed by atoms with van der Waals surface area (Å²) in [4.78, 5) is 12.6. The van der Waals surface area contributed by atoms with Crippen molar-refractivity contribution in [2.45, 2.75) is 13.8 Å². The van der Waals surface area contributed by atoms with E-state index < -0.39 is 0 Å². The average molecular weight is 178 g/mol. The Morgan fingerprint density at radius 1 is 1.46 bits per heavy atom. The zero-order valence-corrected chi connectivity index (χ0v) is 8.16. The van der Waals surface area contributed by atoms with Crippen molar-refractivity contribution in [2.24, 2.45) is 0 Å². The molecule has 0 heterocycles. The Balaban J connectivity index is 3.12. The van der Waals surface area contributed by atoms with Gasteiger partial charge >= 0.3 is 0 Å². The molecule has 0 atom stereocenters. The number of carbonyl (C=O) groups is 1. The first-order chi connectivity index (χ1) is 6.02. The van der Waals surface area contributed by atoms with Crippen molar-refractivity contribution in [1.82, 2.24) is 0 Å². The number of nitrogens with two attached hydrogens (primary N) is 1. The maximum atomic E-state index is 11.1. The van der Waals surface area contributed by atoms with Crippen LogP contribution >= 0.6 is 0 Å². The van der Waals surface area contributed by atoms with Gasteiger partial charge < -0.3 is 10.6 Å². The highest BCUT2D eigenvalue weighted by Crippen LogP contribution is 2.23. The molecule has 0 aliphatic rings. The van der Waals surface area contributed by atoms with Crippen molar-refractivity contribution < 1.29 is 4.79 Å². The van der Waals surface area contributed by atoms with E-state index in [1.165, 1.54) is 6.92 Å². The van der Waals surface area contributed by atoms with Crippen LogP contribution < -0.4 is 10.6 Å². The summed E-state index contributed by atoms with van der Waals surface area (Å²) >= 11 is 0. The van der Waals surface area contributed by atoms with Gasteiger partial charge in [-0.2, -0.15) is 0 Å². The summed E-state index contributed by atoms with van der Waals surface area (Å²) in [6.07, 6.45) is 0. The third-order valence-corrected chi connectivity index (χ3v) is 2.02. The van der Waals surface area contributed by atoms with E-state index in [2.05, 4.69) is 0 Å². The minimum absolute atomic E-state index is 0.0164. The van der Waals surface area contributed by atoms with Gasteiger partial charge in [0, 0.05) is 14.0 Å². The van der Waals surface area contributed by atoms with E-state index in [1.54, 1.807) is 11.9 Å². The smallest absolute Gasteiger partial charge is 0.223 e. The zero-order chi connectivity index (χ0) is 10.0. The molecule has 0 bridgehead atoms. The summed E-state index contributed by atoms with van der Waals surface area (Å²) in [5.41, 5.74) is 8.23. The first-order valence-corrected chi connectivity index (χ1v) is 4.13. The lowest BCUT2D eigenvalue weighted by atomic mass is 10.2. The number of hydrogen-bond donors (Lipinski definition) is 1. The average Bonchev–Trinajstić information content (AvgIpc) is 2.08. The van der Waals surface area contributed by atoms with Crippen LogP contribution in [0.3, 0.4) is 0 Å². The number of aryl methyl sites for hydroxylation is 1. The normalized spacial score (nSPS) is 9.77. The van der Waals surface area contributed by atoms with Crippen LogP contribution in [0.1, 0.15) is 12.5 Å². The molecule has 1 aromatic carbocycles. The topological polar surface area (TPSA) is 46.3 Å². The van der Waals surface area contributed by atoms with Gasteiger partial charge in [0.15, 0.2) is 0 Å². The molecule has 0 spiro atoms. The van der Waals surface area contributed by atoms with Crippen molar-refractivity contribution in [2.75, 3.05) is 17.7 Å². The highest BCUT2D eigenvalue weighted by atomic mass is 16.2. The van der Waals surface area contributed by atoms with Crippen LogP contribution in [-0.2, 0) is 4.79 Å². The molecule has 13 heavy (non-hydrogen) atoms. The number of carbonyl (C=O) groups excluding carboxylic acids is 1. The number of nitrogens with zero attached hydrogens (tertiary/aromatic N) is 1. The number of rotatable bonds is 1. The van der Waals surface area contributed by atoms with Crippen molar-refractivity contribution in [3.05, 3.63) is 23.8 Å². The van der Waals surface area contributed by atoms with Gasteiger partial charge in [0.1, 0.15) is 0 Å². The molecule has 0 saturated heterocycles. The lowest BCUT2D eigenvalue weighted by molar-refractivity contribution is -0.116. The van der Waals surface area contributed by atoms with Gasteiger partial charge in [-0.3, -0.25) is 4.79 Å². The molecule has 3 heteroatoms. The molecule has 0 aromatic heterocycles.